The molecule has 1 aliphatic heterocycles. The number of carbonyl (C=O) groups excluding carboxylic acids is 2. The molecule has 1 saturated heterocycles. The van der Waals surface area contributed by atoms with Crippen LogP contribution in [0.3, 0.4) is 0 Å². The smallest absolute Gasteiger partial charge is 0.324 e. The van der Waals surface area contributed by atoms with Crippen molar-refractivity contribution in [1.29, 1.82) is 0 Å². The normalized spacial score (nSPS) is 13.9. The molecule has 1 N–H and O–H groups in total. The van der Waals surface area contributed by atoms with Gasteiger partial charge in [-0.15, -0.1) is 11.3 Å². The number of imide groups is 1. The van der Waals surface area contributed by atoms with Gasteiger partial charge in [0.2, 0.25) is 5.91 Å². The van der Waals surface area contributed by atoms with Crippen LogP contribution in [-0.2, 0) is 17.8 Å². The summed E-state index contributed by atoms with van der Waals surface area (Å²) in [6.07, 6.45) is 1.50. The van der Waals surface area contributed by atoms with Crippen molar-refractivity contribution in [3.05, 3.63) is 56.2 Å². The van der Waals surface area contributed by atoms with Gasteiger partial charge < -0.3 is 5.32 Å². The predicted molar refractivity (Wildman–Crippen MR) is 129 cm³/mol. The van der Waals surface area contributed by atoms with Gasteiger partial charge in [-0.1, -0.05) is 48.5 Å². The molecule has 0 aliphatic carbocycles. The Hall–Kier alpha value is -2.65. The summed E-state index contributed by atoms with van der Waals surface area (Å²) in [6, 6.07) is 7.83. The Labute approximate surface area is 194 Å². The topological polar surface area (TPSA) is 84.3 Å². The molecule has 9 heteroatoms. The molecule has 0 radical (unpaired) electrons. The van der Waals surface area contributed by atoms with Gasteiger partial charge in [0.1, 0.15) is 4.83 Å². The zero-order valence-electron chi connectivity index (χ0n) is 18.4. The first kappa shape index (κ1) is 22.5. The van der Waals surface area contributed by atoms with Gasteiger partial charge in [-0.05, 0) is 37.8 Å². The third-order valence-corrected chi connectivity index (χ3v) is 7.98. The van der Waals surface area contributed by atoms with Crippen LogP contribution in [-0.4, -0.2) is 45.2 Å². The first-order chi connectivity index (χ1) is 15.4. The molecular weight excluding hydrogens is 444 g/mol. The molecule has 3 heterocycles. The number of thiophene rings is 1. The third-order valence-electron chi connectivity index (χ3n) is 5.59. The highest BCUT2D eigenvalue weighted by Crippen LogP contribution is 2.30. The van der Waals surface area contributed by atoms with Crippen molar-refractivity contribution in [2.24, 2.45) is 0 Å². The number of benzene rings is 1. The molecule has 3 aromatic rings. The van der Waals surface area contributed by atoms with Crippen molar-refractivity contribution in [1.82, 2.24) is 19.8 Å². The summed E-state index contributed by atoms with van der Waals surface area (Å²) in [6.45, 7) is 7.01. The van der Waals surface area contributed by atoms with Crippen LogP contribution >= 0.6 is 23.1 Å². The molecule has 0 atom stereocenters. The monoisotopic (exact) mass is 470 g/mol. The Bertz CT molecular complexity index is 1210. The quantitative estimate of drug-likeness (QED) is 0.235. The number of nitrogens with one attached hydrogen (secondary N) is 1. The minimum Gasteiger partial charge on any atom is -0.329 e. The average Bonchev–Trinajstić information content (AvgIpc) is 3.27. The van der Waals surface area contributed by atoms with Gasteiger partial charge in [-0.2, -0.15) is 0 Å². The first-order valence-electron chi connectivity index (χ1n) is 10.7. The van der Waals surface area contributed by atoms with Crippen molar-refractivity contribution < 1.29 is 9.59 Å². The Morgan fingerprint density at radius 2 is 1.91 bits per heavy atom. The SMILES string of the molecule is CCc1sc2nc(SCCCN3C(=O)CNC3=O)n(Cc3ccc(C)cc3)c(=O)c2c1C. The van der Waals surface area contributed by atoms with Gasteiger partial charge >= 0.3 is 6.03 Å². The lowest BCUT2D eigenvalue weighted by Crippen LogP contribution is -2.32. The fraction of sp³-hybridized carbons (Fsp3) is 0.391. The summed E-state index contributed by atoms with van der Waals surface area (Å²) in [5.74, 6) is 0.449. The largest absolute Gasteiger partial charge is 0.329 e. The molecule has 3 amide bonds. The van der Waals surface area contributed by atoms with E-state index in [0.717, 1.165) is 22.4 Å². The van der Waals surface area contributed by atoms with Crippen molar-refractivity contribution in [3.63, 3.8) is 0 Å². The van der Waals surface area contributed by atoms with Gasteiger partial charge in [-0.3, -0.25) is 19.1 Å². The molecule has 1 aromatic carbocycles. The molecule has 0 spiro atoms. The second-order valence-electron chi connectivity index (χ2n) is 7.86. The Balaban J connectivity index is 1.61. The molecule has 7 nitrogen and oxygen atoms in total. The minimum atomic E-state index is -0.336. The van der Waals surface area contributed by atoms with Crippen LogP contribution in [0.2, 0.25) is 0 Å². The molecule has 0 unspecified atom stereocenters. The number of aromatic nitrogens is 2. The highest BCUT2D eigenvalue weighted by molar-refractivity contribution is 7.99. The molecule has 4 rings (SSSR count). The van der Waals surface area contributed by atoms with Crippen LogP contribution in [0, 0.1) is 13.8 Å². The molecule has 2 aromatic heterocycles. The molecular formula is C23H26N4O3S2. The fourth-order valence-corrected chi connectivity index (χ4v) is 5.85. The summed E-state index contributed by atoms with van der Waals surface area (Å²) in [7, 11) is 0. The number of rotatable bonds is 8. The highest BCUT2D eigenvalue weighted by atomic mass is 32.2. The van der Waals surface area contributed by atoms with Gasteiger partial charge in [0.25, 0.3) is 5.56 Å². The number of nitrogens with zero attached hydrogens (tertiary/aromatic N) is 3. The summed E-state index contributed by atoms with van der Waals surface area (Å²) in [5.41, 5.74) is 3.23. The molecule has 168 valence electrons. The molecule has 32 heavy (non-hydrogen) atoms. The van der Waals surface area contributed by atoms with E-state index in [0.29, 0.717) is 35.8 Å². The van der Waals surface area contributed by atoms with Gasteiger partial charge in [0.05, 0.1) is 18.5 Å². The third kappa shape index (κ3) is 4.45. The van der Waals surface area contributed by atoms with Crippen LogP contribution in [0.4, 0.5) is 4.79 Å². The van der Waals surface area contributed by atoms with E-state index in [-0.39, 0.29) is 24.0 Å². The van der Waals surface area contributed by atoms with Crippen LogP contribution in [0.5, 0.6) is 0 Å². The van der Waals surface area contributed by atoms with Gasteiger partial charge in [-0.25, -0.2) is 9.78 Å². The van der Waals surface area contributed by atoms with Crippen LogP contribution in [0.15, 0.2) is 34.2 Å². The molecule has 0 bridgehead atoms. The van der Waals surface area contributed by atoms with Gasteiger partial charge in [0.15, 0.2) is 5.16 Å². The molecule has 1 aliphatic rings. The van der Waals surface area contributed by atoms with Crippen molar-refractivity contribution in [3.8, 4) is 0 Å². The van der Waals surface area contributed by atoms with E-state index in [2.05, 4.69) is 12.2 Å². The van der Waals surface area contributed by atoms with E-state index >= 15 is 0 Å². The van der Waals surface area contributed by atoms with E-state index in [1.54, 1.807) is 15.9 Å². The fourth-order valence-electron chi connectivity index (χ4n) is 3.77. The number of carbonyl (C=O) groups is 2. The van der Waals surface area contributed by atoms with Crippen molar-refractivity contribution in [2.45, 2.75) is 45.3 Å². The van der Waals surface area contributed by atoms with E-state index in [9.17, 15) is 14.4 Å². The lowest BCUT2D eigenvalue weighted by molar-refractivity contribution is -0.124. The van der Waals surface area contributed by atoms with Gasteiger partial charge in [0, 0.05) is 17.2 Å². The van der Waals surface area contributed by atoms with E-state index in [1.165, 1.54) is 27.1 Å². The number of amides is 3. The average molecular weight is 471 g/mol. The van der Waals surface area contributed by atoms with E-state index < -0.39 is 0 Å². The number of fused-ring (bicyclic) bond motifs is 1. The molecule has 0 saturated carbocycles. The number of hydrogen-bond donors (Lipinski definition) is 1. The predicted octanol–water partition coefficient (Wildman–Crippen LogP) is 3.72. The number of aryl methyl sites for hydroxylation is 3. The number of thioether (sulfide) groups is 1. The Morgan fingerprint density at radius 1 is 1.16 bits per heavy atom. The number of hydrogen-bond acceptors (Lipinski definition) is 6. The highest BCUT2D eigenvalue weighted by Gasteiger charge is 2.27. The zero-order valence-corrected chi connectivity index (χ0v) is 20.1. The number of urea groups is 1. The first-order valence-corrected chi connectivity index (χ1v) is 12.5. The zero-order chi connectivity index (χ0) is 22.8. The van der Waals surface area contributed by atoms with Crippen LogP contribution in [0.1, 0.15) is 34.9 Å². The lowest BCUT2D eigenvalue weighted by Gasteiger charge is -2.14. The second-order valence-corrected chi connectivity index (χ2v) is 10.0. The summed E-state index contributed by atoms with van der Waals surface area (Å²) < 4.78 is 1.75. The van der Waals surface area contributed by atoms with Crippen molar-refractivity contribution >= 4 is 45.3 Å². The molecule has 1 fully saturated rings. The summed E-state index contributed by atoms with van der Waals surface area (Å²) in [4.78, 5) is 45.1. The standard InChI is InChI=1S/C23H26N4O3S2/c1-4-17-15(3)19-20(32-17)25-23(31-11-5-10-26-18(28)12-24-22(26)30)27(21(19)29)13-16-8-6-14(2)7-9-16/h6-9H,4-5,10-13H2,1-3H3,(H,24,30). The summed E-state index contributed by atoms with van der Waals surface area (Å²) in [5, 5.41) is 3.91. The van der Waals surface area contributed by atoms with Crippen LogP contribution in [0.25, 0.3) is 10.2 Å². The minimum absolute atomic E-state index is 0.0133. The Morgan fingerprint density at radius 3 is 2.56 bits per heavy atom. The van der Waals surface area contributed by atoms with E-state index in [1.807, 2.05) is 38.1 Å². The van der Waals surface area contributed by atoms with Crippen LogP contribution < -0.4 is 10.9 Å². The second kappa shape index (κ2) is 9.46. The maximum atomic E-state index is 13.5. The lowest BCUT2D eigenvalue weighted by atomic mass is 10.1. The Kier molecular flexibility index (Phi) is 6.66. The maximum absolute atomic E-state index is 13.5. The van der Waals surface area contributed by atoms with E-state index in [4.69, 9.17) is 4.98 Å². The summed E-state index contributed by atoms with van der Waals surface area (Å²) >= 11 is 3.08. The van der Waals surface area contributed by atoms with Crippen molar-refractivity contribution in [2.75, 3.05) is 18.8 Å². The maximum Gasteiger partial charge on any atom is 0.324 e.